The van der Waals surface area contributed by atoms with Crippen LogP contribution < -0.4 is 0 Å². The van der Waals surface area contributed by atoms with Crippen LogP contribution in [-0.4, -0.2) is 19.9 Å². The highest BCUT2D eigenvalue weighted by Gasteiger charge is 2.46. The summed E-state index contributed by atoms with van der Waals surface area (Å²) in [4.78, 5) is 4.82. The van der Waals surface area contributed by atoms with Gasteiger partial charge < -0.3 is 5.11 Å². The Bertz CT molecular complexity index is 1060. The van der Waals surface area contributed by atoms with Crippen molar-refractivity contribution in [2.75, 3.05) is 0 Å². The van der Waals surface area contributed by atoms with Gasteiger partial charge in [-0.15, -0.1) is 0 Å². The maximum absolute atomic E-state index is 11.5. The van der Waals surface area contributed by atoms with Crippen LogP contribution in [0, 0.1) is 17.2 Å². The fraction of sp³-hybridized carbons (Fsp3) is 0.400. The summed E-state index contributed by atoms with van der Waals surface area (Å²) in [5, 5.41) is 26.3. The molecule has 152 valence electrons. The lowest BCUT2D eigenvalue weighted by Crippen LogP contribution is -2.39. The topological polar surface area (TPSA) is 74.7 Å². The summed E-state index contributed by atoms with van der Waals surface area (Å²) in [6.07, 6.45) is 4.63. The highest BCUT2D eigenvalue weighted by atomic mass is 16.3. The summed E-state index contributed by atoms with van der Waals surface area (Å²) in [6.45, 7) is 0.847. The molecule has 0 atom stereocenters. The summed E-state index contributed by atoms with van der Waals surface area (Å²) in [7, 11) is 0. The molecule has 2 aliphatic rings. The number of nitriles is 1. The van der Waals surface area contributed by atoms with Gasteiger partial charge in [0, 0.05) is 12.1 Å². The molecule has 0 aliphatic heterocycles. The maximum atomic E-state index is 11.5. The molecule has 2 fully saturated rings. The van der Waals surface area contributed by atoms with Gasteiger partial charge in [-0.2, -0.15) is 10.4 Å². The lowest BCUT2D eigenvalue weighted by atomic mass is 9.66. The quantitative estimate of drug-likeness (QED) is 0.683. The molecule has 0 radical (unpaired) electrons. The van der Waals surface area contributed by atoms with E-state index in [2.05, 4.69) is 6.07 Å². The number of hydrogen-bond donors (Lipinski definition) is 1. The zero-order valence-electron chi connectivity index (χ0n) is 17.0. The average molecular weight is 399 g/mol. The number of hydrogen-bond acceptors (Lipinski definition) is 4. The smallest absolute Gasteiger partial charge is 0.182 e. The summed E-state index contributed by atoms with van der Waals surface area (Å²) < 4.78 is 1.98. The first-order valence-electron chi connectivity index (χ1n) is 10.8. The molecule has 0 spiro atoms. The van der Waals surface area contributed by atoms with Crippen LogP contribution in [0.2, 0.25) is 0 Å². The van der Waals surface area contributed by atoms with E-state index in [4.69, 9.17) is 10.1 Å². The van der Waals surface area contributed by atoms with Gasteiger partial charge >= 0.3 is 0 Å². The van der Waals surface area contributed by atoms with Crippen molar-refractivity contribution in [2.45, 2.75) is 56.1 Å². The third-order valence-corrected chi connectivity index (χ3v) is 6.72. The van der Waals surface area contributed by atoms with Crippen LogP contribution in [-0.2, 0) is 17.6 Å². The number of aromatic nitrogens is 3. The molecule has 2 aromatic carbocycles. The van der Waals surface area contributed by atoms with Crippen molar-refractivity contribution in [3.63, 3.8) is 0 Å². The Morgan fingerprint density at radius 1 is 0.967 bits per heavy atom. The third-order valence-electron chi connectivity index (χ3n) is 6.72. The van der Waals surface area contributed by atoms with Gasteiger partial charge in [-0.3, -0.25) is 0 Å². The van der Waals surface area contributed by atoms with Gasteiger partial charge in [0.1, 0.15) is 5.60 Å². The normalized spacial score (nSPS) is 26.3. The molecule has 5 heteroatoms. The van der Waals surface area contributed by atoms with E-state index in [1.807, 2.05) is 65.3 Å². The molecule has 0 unspecified atom stereocenters. The summed E-state index contributed by atoms with van der Waals surface area (Å²) in [5.41, 5.74) is 0.415. The van der Waals surface area contributed by atoms with E-state index in [1.54, 1.807) is 0 Å². The first-order chi connectivity index (χ1) is 14.6. The van der Waals surface area contributed by atoms with Gasteiger partial charge in [-0.25, -0.2) is 9.67 Å². The molecular weight excluding hydrogens is 372 g/mol. The van der Waals surface area contributed by atoms with E-state index in [-0.39, 0.29) is 0 Å². The standard InChI is InChI=1S/C25H26N4O/c26-18-24(21-9-5-2-6-10-21)13-15-25(30,16-14-24)23-27-22(20-7-3-1-4-8-20)29(28-23)17-19-11-12-19/h1-10,19,30H,11-17H2. The Kier molecular flexibility index (Phi) is 4.67. The molecule has 5 rings (SSSR count). The second kappa shape index (κ2) is 7.37. The molecule has 2 aliphatic carbocycles. The minimum Gasteiger partial charge on any atom is -0.382 e. The van der Waals surface area contributed by atoms with Crippen molar-refractivity contribution in [2.24, 2.45) is 5.92 Å². The van der Waals surface area contributed by atoms with Crippen molar-refractivity contribution in [3.8, 4) is 17.5 Å². The molecule has 1 N–H and O–H groups in total. The van der Waals surface area contributed by atoms with Crippen molar-refractivity contribution in [3.05, 3.63) is 72.1 Å². The fourth-order valence-corrected chi connectivity index (χ4v) is 4.55. The van der Waals surface area contributed by atoms with Crippen LogP contribution in [0.4, 0.5) is 0 Å². The lowest BCUT2D eigenvalue weighted by molar-refractivity contribution is -0.0216. The first-order valence-corrected chi connectivity index (χ1v) is 10.8. The molecule has 5 nitrogen and oxygen atoms in total. The van der Waals surface area contributed by atoms with Crippen LogP contribution in [0.3, 0.4) is 0 Å². The Morgan fingerprint density at radius 3 is 2.20 bits per heavy atom. The van der Waals surface area contributed by atoms with Gasteiger partial charge in [-0.1, -0.05) is 60.7 Å². The Labute approximate surface area is 177 Å². The van der Waals surface area contributed by atoms with Crippen molar-refractivity contribution in [1.29, 1.82) is 5.26 Å². The van der Waals surface area contributed by atoms with Crippen LogP contribution in [0.1, 0.15) is 49.9 Å². The predicted octanol–water partition coefficient (Wildman–Crippen LogP) is 4.58. The number of rotatable bonds is 5. The van der Waals surface area contributed by atoms with Gasteiger partial charge in [0.05, 0.1) is 11.5 Å². The first kappa shape index (κ1) is 19.0. The Balaban J connectivity index is 1.44. The van der Waals surface area contributed by atoms with E-state index in [9.17, 15) is 10.4 Å². The van der Waals surface area contributed by atoms with Crippen molar-refractivity contribution < 1.29 is 5.11 Å². The zero-order chi connectivity index (χ0) is 20.6. The molecule has 0 bridgehead atoms. The summed E-state index contributed by atoms with van der Waals surface area (Å²) >= 11 is 0. The number of benzene rings is 2. The summed E-state index contributed by atoms with van der Waals surface area (Å²) in [6, 6.07) is 22.6. The Hall–Kier alpha value is -2.97. The SMILES string of the molecule is N#CC1(c2ccccc2)CCC(O)(c2nc(-c3ccccc3)n(CC3CC3)n2)CC1. The Morgan fingerprint density at radius 2 is 1.60 bits per heavy atom. The van der Waals surface area contributed by atoms with Gasteiger partial charge in [0.15, 0.2) is 11.6 Å². The minimum atomic E-state index is -1.09. The molecule has 0 amide bonds. The molecule has 2 saturated carbocycles. The second-order valence-electron chi connectivity index (χ2n) is 8.84. The fourth-order valence-electron chi connectivity index (χ4n) is 4.55. The predicted molar refractivity (Wildman–Crippen MR) is 114 cm³/mol. The highest BCUT2D eigenvalue weighted by molar-refractivity contribution is 5.55. The minimum absolute atomic E-state index is 0.483. The van der Waals surface area contributed by atoms with E-state index in [0.29, 0.717) is 37.4 Å². The number of nitrogens with zero attached hydrogens (tertiary/aromatic N) is 4. The van der Waals surface area contributed by atoms with Gasteiger partial charge in [-0.05, 0) is 50.0 Å². The molecular formula is C25H26N4O. The zero-order valence-corrected chi connectivity index (χ0v) is 17.0. The molecule has 1 aromatic heterocycles. The largest absolute Gasteiger partial charge is 0.382 e. The molecule has 30 heavy (non-hydrogen) atoms. The molecule has 1 heterocycles. The molecule has 3 aromatic rings. The van der Waals surface area contributed by atoms with E-state index in [0.717, 1.165) is 23.5 Å². The van der Waals surface area contributed by atoms with Crippen molar-refractivity contribution in [1.82, 2.24) is 14.8 Å². The van der Waals surface area contributed by atoms with Gasteiger partial charge in [0.2, 0.25) is 0 Å². The van der Waals surface area contributed by atoms with Crippen LogP contribution in [0.15, 0.2) is 60.7 Å². The summed E-state index contributed by atoms with van der Waals surface area (Å²) in [5.74, 6) is 1.99. The van der Waals surface area contributed by atoms with Crippen LogP contribution >= 0.6 is 0 Å². The van der Waals surface area contributed by atoms with Crippen molar-refractivity contribution >= 4 is 0 Å². The molecule has 0 saturated heterocycles. The average Bonchev–Trinajstić information content (AvgIpc) is 3.52. The van der Waals surface area contributed by atoms with Crippen LogP contribution in [0.5, 0.6) is 0 Å². The van der Waals surface area contributed by atoms with Crippen LogP contribution in [0.25, 0.3) is 11.4 Å². The lowest BCUT2D eigenvalue weighted by Gasteiger charge is -2.39. The maximum Gasteiger partial charge on any atom is 0.182 e. The monoisotopic (exact) mass is 398 g/mol. The van der Waals surface area contributed by atoms with Gasteiger partial charge in [0.25, 0.3) is 0 Å². The van der Waals surface area contributed by atoms with E-state index in [1.165, 1.54) is 12.8 Å². The second-order valence-corrected chi connectivity index (χ2v) is 8.84. The van der Waals surface area contributed by atoms with E-state index < -0.39 is 11.0 Å². The van der Waals surface area contributed by atoms with E-state index >= 15 is 0 Å². The number of aliphatic hydroxyl groups is 1. The third kappa shape index (κ3) is 3.42. The highest BCUT2D eigenvalue weighted by Crippen LogP contribution is 2.46.